The number of aromatic nitrogens is 2. The van der Waals surface area contributed by atoms with Crippen LogP contribution in [0.25, 0.3) is 0 Å². The predicted molar refractivity (Wildman–Crippen MR) is 111 cm³/mol. The number of carbonyl (C=O) groups excluding carboxylic acids is 2. The van der Waals surface area contributed by atoms with Crippen molar-refractivity contribution >= 4 is 34.9 Å². The van der Waals surface area contributed by atoms with Crippen molar-refractivity contribution in [1.29, 1.82) is 0 Å². The highest BCUT2D eigenvalue weighted by Gasteiger charge is 2.13. The maximum absolute atomic E-state index is 12.6. The van der Waals surface area contributed by atoms with Crippen molar-refractivity contribution in [2.75, 3.05) is 24.7 Å². The van der Waals surface area contributed by atoms with Gasteiger partial charge in [0.05, 0.1) is 16.8 Å². The Morgan fingerprint density at radius 2 is 1.83 bits per heavy atom. The molecule has 148 valence electrons. The summed E-state index contributed by atoms with van der Waals surface area (Å²) in [6, 6.07) is 11.2. The van der Waals surface area contributed by atoms with E-state index in [1.54, 1.807) is 56.7 Å². The van der Waals surface area contributed by atoms with Crippen molar-refractivity contribution < 1.29 is 14.3 Å². The van der Waals surface area contributed by atoms with Crippen molar-refractivity contribution in [2.45, 2.75) is 0 Å². The highest BCUT2D eigenvalue weighted by Crippen LogP contribution is 2.25. The third-order valence-corrected chi connectivity index (χ3v) is 4.04. The van der Waals surface area contributed by atoms with Crippen molar-refractivity contribution in [1.82, 2.24) is 14.9 Å². The minimum atomic E-state index is -0.392. The molecule has 29 heavy (non-hydrogen) atoms. The standard InChI is InChI=1S/C20H18ClN5O3/c1-26(2)20(28)25-14-6-7-16(17(21)11-14)19(27)24-13-4-3-5-15(10-13)29-18-12-22-8-9-23-18/h3-12H,1-2H3,(H,24,27)(H,25,28). The molecule has 3 amide bonds. The van der Waals surface area contributed by atoms with E-state index in [2.05, 4.69) is 20.6 Å². The molecule has 0 radical (unpaired) electrons. The fourth-order valence-corrected chi connectivity index (χ4v) is 2.57. The van der Waals surface area contributed by atoms with Crippen LogP contribution >= 0.6 is 11.6 Å². The Morgan fingerprint density at radius 1 is 1.03 bits per heavy atom. The average Bonchev–Trinajstić information content (AvgIpc) is 2.69. The molecule has 3 rings (SSSR count). The maximum atomic E-state index is 12.6. The number of nitrogens with zero attached hydrogens (tertiary/aromatic N) is 3. The molecule has 0 aliphatic rings. The van der Waals surface area contributed by atoms with Gasteiger partial charge in [0.2, 0.25) is 5.88 Å². The second-order valence-corrected chi connectivity index (χ2v) is 6.55. The number of rotatable bonds is 5. The highest BCUT2D eigenvalue weighted by atomic mass is 35.5. The van der Waals surface area contributed by atoms with E-state index in [1.165, 1.54) is 23.4 Å². The monoisotopic (exact) mass is 411 g/mol. The fraction of sp³-hybridized carbons (Fsp3) is 0.100. The van der Waals surface area contributed by atoms with E-state index < -0.39 is 5.91 Å². The number of ether oxygens (including phenoxy) is 1. The number of benzene rings is 2. The summed E-state index contributed by atoms with van der Waals surface area (Å²) in [5, 5.41) is 5.65. The summed E-state index contributed by atoms with van der Waals surface area (Å²) in [6.07, 6.45) is 4.56. The van der Waals surface area contributed by atoms with Crippen molar-refractivity contribution in [3.05, 3.63) is 71.6 Å². The van der Waals surface area contributed by atoms with E-state index in [0.29, 0.717) is 23.0 Å². The maximum Gasteiger partial charge on any atom is 0.321 e. The first-order valence-corrected chi connectivity index (χ1v) is 8.93. The van der Waals surface area contributed by atoms with Gasteiger partial charge in [0.15, 0.2) is 0 Å². The summed E-state index contributed by atoms with van der Waals surface area (Å²) in [7, 11) is 3.25. The van der Waals surface area contributed by atoms with Crippen LogP contribution in [0.5, 0.6) is 11.6 Å². The van der Waals surface area contributed by atoms with Gasteiger partial charge in [-0.3, -0.25) is 9.78 Å². The van der Waals surface area contributed by atoms with E-state index in [0.717, 1.165) is 0 Å². The Balaban J connectivity index is 1.70. The third-order valence-electron chi connectivity index (χ3n) is 3.72. The zero-order chi connectivity index (χ0) is 20.8. The van der Waals surface area contributed by atoms with Gasteiger partial charge in [-0.05, 0) is 30.3 Å². The van der Waals surface area contributed by atoms with Crippen LogP contribution < -0.4 is 15.4 Å². The first-order valence-electron chi connectivity index (χ1n) is 8.55. The van der Waals surface area contributed by atoms with Crippen LogP contribution in [-0.2, 0) is 0 Å². The van der Waals surface area contributed by atoms with Crippen LogP contribution in [0.2, 0.25) is 5.02 Å². The number of halogens is 1. The topological polar surface area (TPSA) is 96.5 Å². The molecule has 0 fully saturated rings. The smallest absolute Gasteiger partial charge is 0.321 e. The first-order chi connectivity index (χ1) is 13.9. The summed E-state index contributed by atoms with van der Waals surface area (Å²) in [6.45, 7) is 0. The lowest BCUT2D eigenvalue weighted by Gasteiger charge is -2.13. The normalized spacial score (nSPS) is 10.2. The van der Waals surface area contributed by atoms with Gasteiger partial charge in [-0.15, -0.1) is 0 Å². The molecule has 8 nitrogen and oxygen atoms in total. The quantitative estimate of drug-likeness (QED) is 0.653. The molecule has 1 aromatic heterocycles. The number of anilines is 2. The minimum absolute atomic E-state index is 0.214. The lowest BCUT2D eigenvalue weighted by atomic mass is 10.2. The van der Waals surface area contributed by atoms with Crippen LogP contribution in [-0.4, -0.2) is 40.9 Å². The highest BCUT2D eigenvalue weighted by molar-refractivity contribution is 6.34. The Morgan fingerprint density at radius 3 is 2.52 bits per heavy atom. The van der Waals surface area contributed by atoms with Crippen LogP contribution in [0, 0.1) is 0 Å². The first kappa shape index (κ1) is 20.1. The van der Waals surface area contributed by atoms with Gasteiger partial charge >= 0.3 is 6.03 Å². The minimum Gasteiger partial charge on any atom is -0.437 e. The second kappa shape index (κ2) is 9.03. The van der Waals surface area contributed by atoms with E-state index >= 15 is 0 Å². The molecule has 3 aromatic rings. The predicted octanol–water partition coefficient (Wildman–Crippen LogP) is 4.27. The van der Waals surface area contributed by atoms with Gasteiger partial charge in [0, 0.05) is 43.9 Å². The van der Waals surface area contributed by atoms with Crippen LogP contribution in [0.15, 0.2) is 61.1 Å². The summed E-state index contributed by atoms with van der Waals surface area (Å²) >= 11 is 6.23. The number of hydrogen-bond donors (Lipinski definition) is 2. The summed E-state index contributed by atoms with van der Waals surface area (Å²) in [5.74, 6) is 0.447. The molecule has 2 aromatic carbocycles. The average molecular weight is 412 g/mol. The SMILES string of the molecule is CN(C)C(=O)Nc1ccc(C(=O)Nc2cccc(Oc3cnccn3)c2)c(Cl)c1. The van der Waals surface area contributed by atoms with Crippen molar-refractivity contribution in [3.63, 3.8) is 0 Å². The molecule has 0 bridgehead atoms. The van der Waals surface area contributed by atoms with Gasteiger partial charge in [-0.2, -0.15) is 0 Å². The molecule has 0 unspecified atom stereocenters. The Labute approximate surface area is 172 Å². The van der Waals surface area contributed by atoms with E-state index in [1.807, 2.05) is 0 Å². The molecule has 0 spiro atoms. The molecule has 0 aliphatic carbocycles. The number of urea groups is 1. The van der Waals surface area contributed by atoms with Crippen molar-refractivity contribution in [2.24, 2.45) is 0 Å². The number of amides is 3. The van der Waals surface area contributed by atoms with Crippen LogP contribution in [0.1, 0.15) is 10.4 Å². The number of nitrogens with one attached hydrogen (secondary N) is 2. The van der Waals surface area contributed by atoms with E-state index in [-0.39, 0.29) is 16.6 Å². The zero-order valence-electron chi connectivity index (χ0n) is 15.7. The van der Waals surface area contributed by atoms with Gasteiger partial charge in [-0.1, -0.05) is 17.7 Å². The molecular weight excluding hydrogens is 394 g/mol. The molecule has 0 atom stereocenters. The molecule has 1 heterocycles. The molecule has 0 saturated heterocycles. The Kier molecular flexibility index (Phi) is 6.25. The molecule has 9 heteroatoms. The number of carbonyl (C=O) groups is 2. The van der Waals surface area contributed by atoms with Crippen LogP contribution in [0.3, 0.4) is 0 Å². The Bertz CT molecular complexity index is 1030. The van der Waals surface area contributed by atoms with Gasteiger partial charge in [0.1, 0.15) is 5.75 Å². The molecule has 2 N–H and O–H groups in total. The van der Waals surface area contributed by atoms with E-state index in [9.17, 15) is 9.59 Å². The zero-order valence-corrected chi connectivity index (χ0v) is 16.5. The van der Waals surface area contributed by atoms with Gasteiger partial charge in [0.25, 0.3) is 5.91 Å². The molecular formula is C20H18ClN5O3. The molecule has 0 saturated carbocycles. The van der Waals surface area contributed by atoms with Gasteiger partial charge < -0.3 is 20.3 Å². The molecule has 0 aliphatic heterocycles. The van der Waals surface area contributed by atoms with Crippen LogP contribution in [0.4, 0.5) is 16.2 Å². The Hall–Kier alpha value is -3.65. The second-order valence-electron chi connectivity index (χ2n) is 6.15. The van der Waals surface area contributed by atoms with Crippen molar-refractivity contribution in [3.8, 4) is 11.6 Å². The lowest BCUT2D eigenvalue weighted by Crippen LogP contribution is -2.27. The summed E-state index contributed by atoms with van der Waals surface area (Å²) in [4.78, 5) is 33.7. The fourth-order valence-electron chi connectivity index (χ4n) is 2.31. The summed E-state index contributed by atoms with van der Waals surface area (Å²) < 4.78 is 5.61. The summed E-state index contributed by atoms with van der Waals surface area (Å²) in [5.41, 5.74) is 1.29. The lowest BCUT2D eigenvalue weighted by molar-refractivity contribution is 0.102. The number of hydrogen-bond acceptors (Lipinski definition) is 5. The largest absolute Gasteiger partial charge is 0.437 e. The van der Waals surface area contributed by atoms with Gasteiger partial charge in [-0.25, -0.2) is 9.78 Å². The third kappa shape index (κ3) is 5.43. The van der Waals surface area contributed by atoms with E-state index in [4.69, 9.17) is 16.3 Å².